The van der Waals surface area contributed by atoms with Crippen LogP contribution in [0.3, 0.4) is 0 Å². The Balaban J connectivity index is 1.73. The third kappa shape index (κ3) is 4.23. The van der Waals surface area contributed by atoms with Gasteiger partial charge in [-0.3, -0.25) is 0 Å². The number of thiazole rings is 1. The number of aryl methyl sites for hydroxylation is 1. The van der Waals surface area contributed by atoms with Gasteiger partial charge in [0, 0.05) is 11.1 Å². The van der Waals surface area contributed by atoms with Gasteiger partial charge in [0.05, 0.1) is 5.69 Å². The maximum absolute atomic E-state index is 12.4. The van der Waals surface area contributed by atoms with Crippen molar-refractivity contribution in [1.29, 1.82) is 0 Å². The first kappa shape index (κ1) is 18.0. The van der Waals surface area contributed by atoms with Crippen molar-refractivity contribution in [3.8, 4) is 16.3 Å². The van der Waals surface area contributed by atoms with Crippen molar-refractivity contribution in [3.63, 3.8) is 0 Å². The fraction of sp³-hybridized carbons (Fsp3) is 0.158. The molecule has 1 aromatic heterocycles. The molecule has 0 saturated heterocycles. The molecule has 0 fully saturated rings. The average Bonchev–Trinajstić information content (AvgIpc) is 3.03. The fourth-order valence-corrected chi connectivity index (χ4v) is 3.30. The lowest BCUT2D eigenvalue weighted by molar-refractivity contribution is -0.0510. The molecule has 4 nitrogen and oxygen atoms in total. The highest BCUT2D eigenvalue weighted by Crippen LogP contribution is 2.29. The predicted molar refractivity (Wildman–Crippen MR) is 94.5 cm³/mol. The molecule has 0 spiro atoms. The lowest BCUT2D eigenvalue weighted by Gasteiger charge is -2.10. The van der Waals surface area contributed by atoms with Gasteiger partial charge in [0.2, 0.25) is 0 Å². The Bertz CT molecular complexity index is 897. The predicted octanol–water partition coefficient (Wildman–Crippen LogP) is 5.08. The first-order valence-electron chi connectivity index (χ1n) is 7.77. The zero-order valence-electron chi connectivity index (χ0n) is 13.8. The summed E-state index contributed by atoms with van der Waals surface area (Å²) >= 11 is 1.23. The van der Waals surface area contributed by atoms with Crippen molar-refractivity contribution in [2.75, 3.05) is 0 Å². The van der Waals surface area contributed by atoms with E-state index in [1.807, 2.05) is 30.3 Å². The minimum Gasteiger partial charge on any atom is -0.456 e. The number of carbonyl (C=O) groups is 1. The van der Waals surface area contributed by atoms with Crippen LogP contribution in [0.25, 0.3) is 10.6 Å². The molecule has 0 amide bonds. The van der Waals surface area contributed by atoms with Crippen molar-refractivity contribution in [2.24, 2.45) is 0 Å². The minimum absolute atomic E-state index is 0.0127. The Labute approximate surface area is 153 Å². The Morgan fingerprint density at radius 2 is 1.81 bits per heavy atom. The van der Waals surface area contributed by atoms with Gasteiger partial charge in [0.1, 0.15) is 22.2 Å². The Kier molecular flexibility index (Phi) is 5.58. The molecule has 0 bridgehead atoms. The maximum atomic E-state index is 12.4. The summed E-state index contributed by atoms with van der Waals surface area (Å²) in [7, 11) is 0. The van der Waals surface area contributed by atoms with E-state index in [0.717, 1.165) is 10.6 Å². The number of esters is 1. The Morgan fingerprint density at radius 3 is 2.54 bits per heavy atom. The normalized spacial score (nSPS) is 10.8. The highest BCUT2D eigenvalue weighted by Gasteiger charge is 2.18. The highest BCUT2D eigenvalue weighted by atomic mass is 32.1. The van der Waals surface area contributed by atoms with E-state index in [0.29, 0.717) is 16.1 Å². The number of halogens is 2. The summed E-state index contributed by atoms with van der Waals surface area (Å²) in [5.41, 5.74) is 1.85. The SMILES string of the molecule is Cc1nc(-c2ccccc2)sc1C(=O)OCc1ccccc1OC(F)F. The second-order valence-electron chi connectivity index (χ2n) is 5.36. The molecule has 7 heteroatoms. The molecular formula is C19H15F2NO3S. The largest absolute Gasteiger partial charge is 0.456 e. The van der Waals surface area contributed by atoms with E-state index < -0.39 is 12.6 Å². The topological polar surface area (TPSA) is 48.4 Å². The summed E-state index contributed by atoms with van der Waals surface area (Å²) in [6.45, 7) is -1.38. The molecule has 0 aliphatic rings. The van der Waals surface area contributed by atoms with E-state index in [4.69, 9.17) is 4.74 Å². The molecule has 134 valence electrons. The van der Waals surface area contributed by atoms with Gasteiger partial charge in [-0.2, -0.15) is 8.78 Å². The lowest BCUT2D eigenvalue weighted by atomic mass is 10.2. The van der Waals surface area contributed by atoms with Gasteiger partial charge in [-0.05, 0) is 13.0 Å². The van der Waals surface area contributed by atoms with Crippen LogP contribution in [-0.2, 0) is 11.3 Å². The van der Waals surface area contributed by atoms with E-state index in [1.165, 1.54) is 17.4 Å². The molecule has 1 heterocycles. The molecule has 0 N–H and O–H groups in total. The highest BCUT2D eigenvalue weighted by molar-refractivity contribution is 7.17. The van der Waals surface area contributed by atoms with Crippen molar-refractivity contribution in [3.05, 3.63) is 70.7 Å². The first-order valence-corrected chi connectivity index (χ1v) is 8.59. The van der Waals surface area contributed by atoms with Crippen LogP contribution in [0.4, 0.5) is 8.78 Å². The molecule has 26 heavy (non-hydrogen) atoms. The summed E-state index contributed by atoms with van der Waals surface area (Å²) in [4.78, 5) is 17.2. The summed E-state index contributed by atoms with van der Waals surface area (Å²) in [5.74, 6) is -0.560. The van der Waals surface area contributed by atoms with E-state index in [1.54, 1.807) is 25.1 Å². The molecule has 3 rings (SSSR count). The average molecular weight is 375 g/mol. The zero-order valence-corrected chi connectivity index (χ0v) is 14.6. The van der Waals surface area contributed by atoms with Gasteiger partial charge in [-0.25, -0.2) is 9.78 Å². The number of nitrogens with zero attached hydrogens (tertiary/aromatic N) is 1. The molecular weight excluding hydrogens is 360 g/mol. The summed E-state index contributed by atoms with van der Waals surface area (Å²) in [6.07, 6.45) is 0. The third-order valence-electron chi connectivity index (χ3n) is 3.55. The molecule has 0 aliphatic carbocycles. The second-order valence-corrected chi connectivity index (χ2v) is 6.36. The van der Waals surface area contributed by atoms with E-state index >= 15 is 0 Å². The zero-order chi connectivity index (χ0) is 18.5. The summed E-state index contributed by atoms with van der Waals surface area (Å²) in [5, 5.41) is 0.719. The van der Waals surface area contributed by atoms with Gasteiger partial charge in [-0.1, -0.05) is 48.5 Å². The number of alkyl halides is 2. The molecule has 0 aliphatic heterocycles. The van der Waals surface area contributed by atoms with Crippen molar-refractivity contribution in [2.45, 2.75) is 20.1 Å². The maximum Gasteiger partial charge on any atom is 0.387 e. The lowest BCUT2D eigenvalue weighted by Crippen LogP contribution is -2.08. The molecule has 0 saturated carbocycles. The number of aromatic nitrogens is 1. The van der Waals surface area contributed by atoms with Crippen LogP contribution < -0.4 is 4.74 Å². The number of hydrogen-bond donors (Lipinski definition) is 0. The van der Waals surface area contributed by atoms with Crippen LogP contribution in [0.15, 0.2) is 54.6 Å². The van der Waals surface area contributed by atoms with Crippen molar-refractivity contribution < 1.29 is 23.0 Å². The monoisotopic (exact) mass is 375 g/mol. The van der Waals surface area contributed by atoms with Crippen LogP contribution >= 0.6 is 11.3 Å². The summed E-state index contributed by atoms with van der Waals surface area (Å²) < 4.78 is 34.6. The van der Waals surface area contributed by atoms with E-state index in [2.05, 4.69) is 9.72 Å². The number of ether oxygens (including phenoxy) is 2. The summed E-state index contributed by atoms with van der Waals surface area (Å²) in [6, 6.07) is 15.7. The molecule has 2 aromatic carbocycles. The van der Waals surface area contributed by atoms with Crippen LogP contribution in [-0.4, -0.2) is 17.6 Å². The van der Waals surface area contributed by atoms with Crippen molar-refractivity contribution >= 4 is 17.3 Å². The smallest absolute Gasteiger partial charge is 0.387 e. The van der Waals surface area contributed by atoms with Crippen LogP contribution in [0.1, 0.15) is 20.9 Å². The number of rotatable bonds is 6. The minimum atomic E-state index is -2.94. The van der Waals surface area contributed by atoms with Gasteiger partial charge in [0.25, 0.3) is 0 Å². The fourth-order valence-electron chi connectivity index (χ4n) is 2.33. The molecule has 0 unspecified atom stereocenters. The quantitative estimate of drug-likeness (QED) is 0.564. The van der Waals surface area contributed by atoms with Gasteiger partial charge in [-0.15, -0.1) is 11.3 Å². The van der Waals surface area contributed by atoms with Gasteiger partial charge in [0.15, 0.2) is 0 Å². The Hall–Kier alpha value is -2.80. The van der Waals surface area contributed by atoms with Crippen LogP contribution in [0.2, 0.25) is 0 Å². The van der Waals surface area contributed by atoms with Crippen LogP contribution in [0.5, 0.6) is 5.75 Å². The molecule has 3 aromatic rings. The number of hydrogen-bond acceptors (Lipinski definition) is 5. The van der Waals surface area contributed by atoms with Gasteiger partial charge >= 0.3 is 12.6 Å². The van der Waals surface area contributed by atoms with E-state index in [9.17, 15) is 13.6 Å². The Morgan fingerprint density at radius 1 is 1.12 bits per heavy atom. The number of carbonyl (C=O) groups excluding carboxylic acids is 1. The molecule has 0 atom stereocenters. The standard InChI is InChI=1S/C19H15F2NO3S/c1-12-16(26-17(22-12)13-7-3-2-4-8-13)18(23)24-11-14-9-5-6-10-15(14)25-19(20)21/h2-10,19H,11H2,1H3. The van der Waals surface area contributed by atoms with E-state index in [-0.39, 0.29) is 12.4 Å². The van der Waals surface area contributed by atoms with Gasteiger partial charge < -0.3 is 9.47 Å². The number of benzene rings is 2. The van der Waals surface area contributed by atoms with Crippen LogP contribution in [0, 0.1) is 6.92 Å². The van der Waals surface area contributed by atoms with Crippen molar-refractivity contribution in [1.82, 2.24) is 4.98 Å². The first-order chi connectivity index (χ1) is 12.5. The third-order valence-corrected chi connectivity index (χ3v) is 4.74. The second kappa shape index (κ2) is 8.05. The number of para-hydroxylation sites is 1. The molecule has 0 radical (unpaired) electrons.